The number of carbonyl (C=O) groups excluding carboxylic acids is 1. The van der Waals surface area contributed by atoms with Gasteiger partial charge in [0.2, 0.25) is 5.89 Å². The van der Waals surface area contributed by atoms with Gasteiger partial charge < -0.3 is 23.4 Å². The molecular weight excluding hydrogens is 468 g/mol. The van der Waals surface area contributed by atoms with Crippen molar-refractivity contribution in [1.29, 1.82) is 0 Å². The van der Waals surface area contributed by atoms with Crippen molar-refractivity contribution in [2.45, 2.75) is 72.4 Å². The molecule has 4 rings (SSSR count). The third-order valence-electron chi connectivity index (χ3n) is 8.00. The molecule has 0 bridgehead atoms. The fourth-order valence-corrected chi connectivity index (χ4v) is 5.06. The molecule has 0 amide bonds. The lowest BCUT2D eigenvalue weighted by Crippen LogP contribution is -2.45. The van der Waals surface area contributed by atoms with Gasteiger partial charge >= 0.3 is 5.97 Å². The standard InChI is InChI=1S/C29H42N4O4/c1-6-10-21(2)29(3,4)14-16-36-20-33-25-12-8-7-11-23(25)30-26(33)13-9-15-32-17-22(18-32)27-31-24(19-37-27)28(34)35-5/h7-8,11-12,19,21-22H,6,9-10,13-18,20H2,1-5H3. The number of aromatic nitrogens is 3. The second kappa shape index (κ2) is 12.2. The summed E-state index contributed by atoms with van der Waals surface area (Å²) in [4.78, 5) is 23.2. The Labute approximate surface area is 220 Å². The summed E-state index contributed by atoms with van der Waals surface area (Å²) in [6.07, 6.45) is 6.82. The topological polar surface area (TPSA) is 82.6 Å². The first-order valence-electron chi connectivity index (χ1n) is 13.6. The maximum atomic E-state index is 11.6. The quantitative estimate of drug-likeness (QED) is 0.204. The number of hydrogen-bond donors (Lipinski definition) is 0. The third kappa shape index (κ3) is 6.60. The number of carbonyl (C=O) groups is 1. The molecule has 1 unspecified atom stereocenters. The molecule has 1 atom stereocenters. The van der Waals surface area contributed by atoms with Crippen LogP contribution in [0.3, 0.4) is 0 Å². The van der Waals surface area contributed by atoms with Crippen LogP contribution in [-0.4, -0.2) is 58.8 Å². The summed E-state index contributed by atoms with van der Waals surface area (Å²) in [6, 6.07) is 8.30. The van der Waals surface area contributed by atoms with Crippen molar-refractivity contribution >= 4 is 17.0 Å². The summed E-state index contributed by atoms with van der Waals surface area (Å²) in [7, 11) is 1.35. The van der Waals surface area contributed by atoms with Crippen LogP contribution in [-0.2, 0) is 22.6 Å². The van der Waals surface area contributed by atoms with Crippen LogP contribution < -0.4 is 0 Å². The van der Waals surface area contributed by atoms with Gasteiger partial charge in [-0.25, -0.2) is 14.8 Å². The zero-order valence-electron chi connectivity index (χ0n) is 23.0. The number of hydrogen-bond acceptors (Lipinski definition) is 7. The minimum Gasteiger partial charge on any atom is -0.464 e. The van der Waals surface area contributed by atoms with Crippen molar-refractivity contribution < 1.29 is 18.7 Å². The molecule has 0 N–H and O–H groups in total. The first-order valence-corrected chi connectivity index (χ1v) is 13.6. The minimum atomic E-state index is -0.465. The molecule has 0 aliphatic carbocycles. The largest absolute Gasteiger partial charge is 0.464 e. The molecule has 1 aliphatic heterocycles. The van der Waals surface area contributed by atoms with Crippen LogP contribution >= 0.6 is 0 Å². The highest BCUT2D eigenvalue weighted by molar-refractivity contribution is 5.86. The minimum absolute atomic E-state index is 0.223. The van der Waals surface area contributed by atoms with E-state index in [1.165, 1.54) is 26.2 Å². The van der Waals surface area contributed by atoms with Crippen LogP contribution in [0.25, 0.3) is 11.0 Å². The number of benzene rings is 1. The number of esters is 1. The van der Waals surface area contributed by atoms with Gasteiger partial charge in [0.15, 0.2) is 5.69 Å². The smallest absolute Gasteiger partial charge is 0.360 e. The number of fused-ring (bicyclic) bond motifs is 1. The molecule has 1 aliphatic rings. The van der Waals surface area contributed by atoms with Crippen molar-refractivity contribution in [3.63, 3.8) is 0 Å². The number of rotatable bonds is 14. The lowest BCUT2D eigenvalue weighted by Gasteiger charge is -2.37. The lowest BCUT2D eigenvalue weighted by atomic mass is 9.75. The number of likely N-dealkylation sites (tertiary alicyclic amines) is 1. The van der Waals surface area contributed by atoms with E-state index in [4.69, 9.17) is 18.9 Å². The maximum Gasteiger partial charge on any atom is 0.360 e. The van der Waals surface area contributed by atoms with Gasteiger partial charge in [-0.2, -0.15) is 0 Å². The molecule has 8 heteroatoms. The Morgan fingerprint density at radius 1 is 1.24 bits per heavy atom. The molecule has 0 spiro atoms. The Morgan fingerprint density at radius 2 is 2.03 bits per heavy atom. The average molecular weight is 511 g/mol. The van der Waals surface area contributed by atoms with E-state index in [1.54, 1.807) is 0 Å². The molecule has 37 heavy (non-hydrogen) atoms. The van der Waals surface area contributed by atoms with Crippen LogP contribution in [0.1, 0.15) is 81.5 Å². The Kier molecular flexibility index (Phi) is 9.03. The first kappa shape index (κ1) is 27.3. The molecule has 1 saturated heterocycles. The number of aryl methyl sites for hydroxylation is 1. The Balaban J connectivity index is 1.27. The zero-order chi connectivity index (χ0) is 26.4. The summed E-state index contributed by atoms with van der Waals surface area (Å²) >= 11 is 0. The highest BCUT2D eigenvalue weighted by atomic mass is 16.5. The van der Waals surface area contributed by atoms with E-state index in [9.17, 15) is 4.79 Å². The normalized spacial score (nSPS) is 15.7. The van der Waals surface area contributed by atoms with E-state index < -0.39 is 5.97 Å². The molecule has 2 aromatic heterocycles. The fraction of sp³-hybridized carbons (Fsp3) is 0.621. The number of imidazole rings is 1. The van der Waals surface area contributed by atoms with E-state index in [0.717, 1.165) is 62.4 Å². The first-order chi connectivity index (χ1) is 17.8. The summed E-state index contributed by atoms with van der Waals surface area (Å²) in [5.41, 5.74) is 2.66. The Hall–Kier alpha value is -2.71. The van der Waals surface area contributed by atoms with Crippen LogP contribution in [0.15, 0.2) is 34.9 Å². The second-order valence-corrected chi connectivity index (χ2v) is 11.0. The number of methoxy groups -OCH3 is 1. The van der Waals surface area contributed by atoms with Crippen molar-refractivity contribution in [3.05, 3.63) is 47.9 Å². The molecule has 3 aromatic rings. The highest BCUT2D eigenvalue weighted by Crippen LogP contribution is 2.33. The van der Waals surface area contributed by atoms with E-state index in [2.05, 4.69) is 60.3 Å². The fourth-order valence-electron chi connectivity index (χ4n) is 5.06. The predicted octanol–water partition coefficient (Wildman–Crippen LogP) is 5.67. The molecule has 1 fully saturated rings. The van der Waals surface area contributed by atoms with Crippen molar-refractivity contribution in [2.24, 2.45) is 11.3 Å². The van der Waals surface area contributed by atoms with Gasteiger partial charge in [-0.15, -0.1) is 0 Å². The predicted molar refractivity (Wildman–Crippen MR) is 143 cm³/mol. The summed E-state index contributed by atoms with van der Waals surface area (Å²) < 4.78 is 18.6. The van der Waals surface area contributed by atoms with Gasteiger partial charge in [0.05, 0.1) is 24.1 Å². The van der Waals surface area contributed by atoms with Crippen LogP contribution in [0.4, 0.5) is 0 Å². The van der Waals surface area contributed by atoms with Gasteiger partial charge in [-0.3, -0.25) is 0 Å². The SMILES string of the molecule is CCCC(C)C(C)(C)CCOCn1c(CCCN2CC(c3nc(C(=O)OC)co3)C2)nc2ccccc21. The number of para-hydroxylation sites is 2. The maximum absolute atomic E-state index is 11.6. The number of nitrogens with zero attached hydrogens (tertiary/aromatic N) is 4. The molecule has 1 aromatic carbocycles. The highest BCUT2D eigenvalue weighted by Gasteiger charge is 2.32. The Morgan fingerprint density at radius 3 is 2.78 bits per heavy atom. The lowest BCUT2D eigenvalue weighted by molar-refractivity contribution is 0.0436. The number of ether oxygens (including phenoxy) is 2. The third-order valence-corrected chi connectivity index (χ3v) is 8.00. The van der Waals surface area contributed by atoms with E-state index in [1.807, 2.05) is 6.07 Å². The van der Waals surface area contributed by atoms with Gasteiger partial charge in [-0.05, 0) is 42.9 Å². The monoisotopic (exact) mass is 510 g/mol. The van der Waals surface area contributed by atoms with Gasteiger partial charge in [-0.1, -0.05) is 52.7 Å². The molecule has 0 saturated carbocycles. The molecule has 202 valence electrons. The Bertz CT molecular complexity index is 1160. The van der Waals surface area contributed by atoms with Crippen molar-refractivity contribution in [3.8, 4) is 0 Å². The summed E-state index contributed by atoms with van der Waals surface area (Å²) in [5, 5.41) is 0. The van der Waals surface area contributed by atoms with Crippen molar-refractivity contribution in [2.75, 3.05) is 33.4 Å². The zero-order valence-corrected chi connectivity index (χ0v) is 23.0. The molecule has 0 radical (unpaired) electrons. The van der Waals surface area contributed by atoms with Crippen molar-refractivity contribution in [1.82, 2.24) is 19.4 Å². The average Bonchev–Trinajstić information content (AvgIpc) is 3.48. The van der Waals surface area contributed by atoms with Crippen LogP contribution in [0.2, 0.25) is 0 Å². The van der Waals surface area contributed by atoms with Gasteiger partial charge in [0.1, 0.15) is 18.8 Å². The van der Waals surface area contributed by atoms with Crippen LogP contribution in [0, 0.1) is 11.3 Å². The second-order valence-electron chi connectivity index (χ2n) is 11.0. The van der Waals surface area contributed by atoms with Crippen LogP contribution in [0.5, 0.6) is 0 Å². The van der Waals surface area contributed by atoms with Gasteiger partial charge in [0, 0.05) is 26.1 Å². The molecule has 3 heterocycles. The number of oxazole rings is 1. The van der Waals surface area contributed by atoms with E-state index in [-0.39, 0.29) is 17.0 Å². The van der Waals surface area contributed by atoms with Gasteiger partial charge in [0.25, 0.3) is 0 Å². The van der Waals surface area contributed by atoms with E-state index in [0.29, 0.717) is 18.5 Å². The summed E-state index contributed by atoms with van der Waals surface area (Å²) in [5.74, 6) is 2.13. The molecular formula is C29H42N4O4. The van der Waals surface area contributed by atoms with E-state index >= 15 is 0 Å². The molecule has 8 nitrogen and oxygen atoms in total. The summed E-state index contributed by atoms with van der Waals surface area (Å²) in [6.45, 7) is 13.4.